The van der Waals surface area contributed by atoms with Gasteiger partial charge in [-0.3, -0.25) is 9.89 Å². The molecule has 2 N–H and O–H groups in total. The second-order valence-electron chi connectivity index (χ2n) is 5.92. The number of aromatic amines is 1. The number of nitrogens with zero attached hydrogens (tertiary/aromatic N) is 5. The number of H-pyrrole nitrogens is 1. The summed E-state index contributed by atoms with van der Waals surface area (Å²) in [6, 6.07) is 9.82. The molecule has 28 heavy (non-hydrogen) atoms. The number of carbonyl (C=O) groups excluding carboxylic acids is 1. The molecule has 1 amide bonds. The van der Waals surface area contributed by atoms with Crippen molar-refractivity contribution in [3.8, 4) is 16.3 Å². The van der Waals surface area contributed by atoms with Gasteiger partial charge in [-0.2, -0.15) is 10.2 Å². The highest BCUT2D eigenvalue weighted by Gasteiger charge is 2.14. The van der Waals surface area contributed by atoms with Crippen LogP contribution >= 0.6 is 23.6 Å². The number of rotatable bonds is 6. The summed E-state index contributed by atoms with van der Waals surface area (Å²) in [5.41, 5.74) is 2.19. The van der Waals surface area contributed by atoms with Crippen LogP contribution in [0.25, 0.3) is 16.3 Å². The lowest BCUT2D eigenvalue weighted by Crippen LogP contribution is -2.25. The number of para-hydroxylation sites is 1. The Balaban J connectivity index is 1.46. The Kier molecular flexibility index (Phi) is 5.13. The first kappa shape index (κ1) is 18.3. The smallest absolute Gasteiger partial charge is 0.271 e. The number of thiazole rings is 1. The number of hydrogen-bond donors (Lipinski definition) is 2. The van der Waals surface area contributed by atoms with Crippen LogP contribution in [0.2, 0.25) is 0 Å². The van der Waals surface area contributed by atoms with Gasteiger partial charge in [0.2, 0.25) is 0 Å². The van der Waals surface area contributed by atoms with E-state index in [2.05, 4.69) is 25.6 Å². The van der Waals surface area contributed by atoms with Crippen molar-refractivity contribution in [1.29, 1.82) is 0 Å². The molecule has 0 unspecified atom stereocenters. The third-order valence-electron chi connectivity index (χ3n) is 4.15. The van der Waals surface area contributed by atoms with E-state index in [4.69, 9.17) is 12.2 Å². The number of hydrogen-bond acceptors (Lipinski definition) is 6. The maximum Gasteiger partial charge on any atom is 0.271 e. The molecule has 0 bridgehead atoms. The largest absolute Gasteiger partial charge is 0.343 e. The SMILES string of the molecule is CCn1c(CNC(=O)c2csc(-c3cnn(-c4ccccc4)c3)n2)n[nH]c1=S. The lowest BCUT2D eigenvalue weighted by molar-refractivity contribution is 0.0945. The molecule has 0 saturated heterocycles. The standard InChI is InChI=1S/C18H17N7OS2/c1-2-24-15(22-23-18(24)27)9-19-16(26)14-11-28-17(21-14)12-8-20-25(10-12)13-6-4-3-5-7-13/h3-8,10-11H,2,9H2,1H3,(H,19,26)(H,23,27). The summed E-state index contributed by atoms with van der Waals surface area (Å²) in [6.45, 7) is 2.93. The molecule has 0 spiro atoms. The molecule has 0 aliphatic carbocycles. The summed E-state index contributed by atoms with van der Waals surface area (Å²) >= 11 is 6.56. The van der Waals surface area contributed by atoms with E-state index >= 15 is 0 Å². The zero-order chi connectivity index (χ0) is 19.5. The molecule has 10 heteroatoms. The number of carbonyl (C=O) groups is 1. The summed E-state index contributed by atoms with van der Waals surface area (Å²) in [7, 11) is 0. The third-order valence-corrected chi connectivity index (χ3v) is 5.35. The van der Waals surface area contributed by atoms with E-state index in [1.807, 2.05) is 48.0 Å². The summed E-state index contributed by atoms with van der Waals surface area (Å²) in [5.74, 6) is 0.426. The molecule has 142 valence electrons. The second kappa shape index (κ2) is 7.87. The molecule has 0 saturated carbocycles. The van der Waals surface area contributed by atoms with Gasteiger partial charge in [0.1, 0.15) is 10.7 Å². The molecule has 3 heterocycles. The van der Waals surface area contributed by atoms with Gasteiger partial charge in [-0.05, 0) is 31.3 Å². The van der Waals surface area contributed by atoms with E-state index in [0.717, 1.165) is 16.3 Å². The lowest BCUT2D eigenvalue weighted by atomic mass is 10.3. The van der Waals surface area contributed by atoms with E-state index < -0.39 is 0 Å². The Hall–Kier alpha value is -3.11. The molecule has 0 radical (unpaired) electrons. The fourth-order valence-corrected chi connectivity index (χ4v) is 3.78. The van der Waals surface area contributed by atoms with Crippen LogP contribution in [0, 0.1) is 4.77 Å². The van der Waals surface area contributed by atoms with Gasteiger partial charge in [0.25, 0.3) is 5.91 Å². The van der Waals surface area contributed by atoms with Gasteiger partial charge in [-0.25, -0.2) is 9.67 Å². The third kappa shape index (κ3) is 3.64. The summed E-state index contributed by atoms with van der Waals surface area (Å²) < 4.78 is 4.16. The Morgan fingerprint density at radius 2 is 2.14 bits per heavy atom. The van der Waals surface area contributed by atoms with Gasteiger partial charge >= 0.3 is 0 Å². The van der Waals surface area contributed by atoms with Crippen molar-refractivity contribution in [2.75, 3.05) is 0 Å². The zero-order valence-corrected chi connectivity index (χ0v) is 16.6. The monoisotopic (exact) mass is 411 g/mol. The minimum atomic E-state index is -0.255. The molecule has 3 aromatic heterocycles. The van der Waals surface area contributed by atoms with E-state index in [1.165, 1.54) is 11.3 Å². The van der Waals surface area contributed by atoms with Crippen LogP contribution in [0.4, 0.5) is 0 Å². The van der Waals surface area contributed by atoms with Gasteiger partial charge in [0, 0.05) is 23.7 Å². The van der Waals surface area contributed by atoms with Crippen LogP contribution in [-0.4, -0.2) is 35.4 Å². The van der Waals surface area contributed by atoms with Gasteiger partial charge in [-0.1, -0.05) is 18.2 Å². The molecule has 0 atom stereocenters. The maximum absolute atomic E-state index is 12.4. The maximum atomic E-state index is 12.4. The molecular weight excluding hydrogens is 394 g/mol. The van der Waals surface area contributed by atoms with Crippen LogP contribution < -0.4 is 5.32 Å². The number of benzene rings is 1. The average Bonchev–Trinajstić information content (AvgIpc) is 3.46. The highest BCUT2D eigenvalue weighted by molar-refractivity contribution is 7.71. The Morgan fingerprint density at radius 3 is 2.93 bits per heavy atom. The van der Waals surface area contributed by atoms with Crippen LogP contribution in [0.5, 0.6) is 0 Å². The second-order valence-corrected chi connectivity index (χ2v) is 7.16. The van der Waals surface area contributed by atoms with Crippen LogP contribution in [0.15, 0.2) is 48.1 Å². The van der Waals surface area contributed by atoms with Gasteiger partial charge < -0.3 is 9.88 Å². The van der Waals surface area contributed by atoms with Gasteiger partial charge in [0.05, 0.1) is 18.4 Å². The molecule has 8 nitrogen and oxygen atoms in total. The van der Waals surface area contributed by atoms with Crippen molar-refractivity contribution in [3.05, 3.63) is 64.4 Å². The normalized spacial score (nSPS) is 10.9. The first-order valence-corrected chi connectivity index (χ1v) is 9.92. The first-order chi connectivity index (χ1) is 13.7. The van der Waals surface area contributed by atoms with Gasteiger partial charge in [-0.15, -0.1) is 11.3 Å². The van der Waals surface area contributed by atoms with Crippen molar-refractivity contribution < 1.29 is 4.79 Å². The Labute approximate surface area is 169 Å². The molecule has 0 aliphatic rings. The number of aromatic nitrogens is 6. The molecule has 4 aromatic rings. The van der Waals surface area contributed by atoms with Crippen LogP contribution in [0.1, 0.15) is 23.2 Å². The fourth-order valence-electron chi connectivity index (χ4n) is 2.73. The van der Waals surface area contributed by atoms with Crippen molar-refractivity contribution in [1.82, 2.24) is 34.8 Å². The number of nitrogens with one attached hydrogen (secondary N) is 2. The van der Waals surface area contributed by atoms with E-state index in [-0.39, 0.29) is 12.5 Å². The summed E-state index contributed by atoms with van der Waals surface area (Å²) in [4.78, 5) is 16.9. The van der Waals surface area contributed by atoms with Crippen molar-refractivity contribution >= 4 is 29.5 Å². The molecule has 0 aliphatic heterocycles. The molecular formula is C18H17N7OS2. The van der Waals surface area contributed by atoms with E-state index in [0.29, 0.717) is 22.8 Å². The Morgan fingerprint density at radius 1 is 1.32 bits per heavy atom. The van der Waals surface area contributed by atoms with Crippen molar-refractivity contribution in [2.45, 2.75) is 20.0 Å². The zero-order valence-electron chi connectivity index (χ0n) is 15.0. The van der Waals surface area contributed by atoms with E-state index in [1.54, 1.807) is 16.3 Å². The topological polar surface area (TPSA) is 93.4 Å². The molecule has 4 rings (SSSR count). The predicted octanol–water partition coefficient (Wildman–Crippen LogP) is 3.20. The lowest BCUT2D eigenvalue weighted by Gasteiger charge is -2.04. The highest BCUT2D eigenvalue weighted by Crippen LogP contribution is 2.24. The minimum Gasteiger partial charge on any atom is -0.343 e. The average molecular weight is 412 g/mol. The fraction of sp³-hybridized carbons (Fsp3) is 0.167. The summed E-state index contributed by atoms with van der Waals surface area (Å²) in [5, 5.41) is 16.6. The molecule has 1 aromatic carbocycles. The predicted molar refractivity (Wildman–Crippen MR) is 109 cm³/mol. The number of amides is 1. The first-order valence-electron chi connectivity index (χ1n) is 8.64. The molecule has 0 fully saturated rings. The quantitative estimate of drug-likeness (QED) is 0.475. The van der Waals surface area contributed by atoms with Gasteiger partial charge in [0.15, 0.2) is 10.6 Å². The Bertz CT molecular complexity index is 1160. The minimum absolute atomic E-state index is 0.255. The van der Waals surface area contributed by atoms with E-state index in [9.17, 15) is 4.79 Å². The summed E-state index contributed by atoms with van der Waals surface area (Å²) in [6.07, 6.45) is 3.64. The van der Waals surface area contributed by atoms with Crippen molar-refractivity contribution in [3.63, 3.8) is 0 Å². The highest BCUT2D eigenvalue weighted by atomic mass is 32.1. The van der Waals surface area contributed by atoms with Crippen LogP contribution in [-0.2, 0) is 13.1 Å². The van der Waals surface area contributed by atoms with Crippen LogP contribution in [0.3, 0.4) is 0 Å². The van der Waals surface area contributed by atoms with Crippen molar-refractivity contribution in [2.24, 2.45) is 0 Å².